The van der Waals surface area contributed by atoms with Crippen LogP contribution in [0.15, 0.2) is 85.1 Å². The van der Waals surface area contributed by atoms with E-state index in [9.17, 15) is 34.1 Å². The third kappa shape index (κ3) is 47.2. The molecule has 3 unspecified atom stereocenters. The number of amides is 1. The SMILES string of the molecule is CC/C=C\C/C=C\C/C=C\C/C=C\C/C=C\C/C=C\CCCCCCC(=O)OCC(O)COP(=O)(O)OCC(NC(=O)CCCCCCCCCCC/C=C/CCCCCCCC)C(=O)O. The molecule has 0 aromatic heterocycles. The Morgan fingerprint density at radius 1 is 0.500 bits per heavy atom. The van der Waals surface area contributed by atoms with Crippen molar-refractivity contribution in [2.45, 2.75) is 219 Å². The maximum absolute atomic E-state index is 12.4. The zero-order chi connectivity index (χ0) is 48.4. The van der Waals surface area contributed by atoms with Crippen molar-refractivity contribution >= 4 is 25.7 Å². The van der Waals surface area contributed by atoms with Crippen LogP contribution in [0.25, 0.3) is 0 Å². The van der Waals surface area contributed by atoms with E-state index in [-0.39, 0.29) is 12.8 Å². The average Bonchev–Trinajstić information content (AvgIpc) is 3.29. The molecule has 0 saturated carbocycles. The van der Waals surface area contributed by atoms with E-state index in [0.717, 1.165) is 89.9 Å². The number of carboxylic acids is 1. The van der Waals surface area contributed by atoms with E-state index in [1.54, 1.807) is 0 Å². The number of aliphatic hydroxyl groups is 1. The molecule has 12 heteroatoms. The number of hydrogen-bond donors (Lipinski definition) is 4. The van der Waals surface area contributed by atoms with Crippen LogP contribution < -0.4 is 5.32 Å². The third-order valence-corrected chi connectivity index (χ3v) is 11.6. The van der Waals surface area contributed by atoms with Gasteiger partial charge >= 0.3 is 19.8 Å². The molecule has 0 radical (unpaired) electrons. The zero-order valence-electron chi connectivity index (χ0n) is 41.2. The molecule has 378 valence electrons. The minimum atomic E-state index is -4.77. The minimum Gasteiger partial charge on any atom is -0.480 e. The number of carboxylic acid groups (broad SMARTS) is 1. The van der Waals surface area contributed by atoms with Gasteiger partial charge in [0.1, 0.15) is 12.7 Å². The van der Waals surface area contributed by atoms with Crippen LogP contribution in [0.2, 0.25) is 0 Å². The first-order valence-corrected chi connectivity index (χ1v) is 27.1. The first kappa shape index (κ1) is 62.7. The fraction of sp³-hybridized carbons (Fsp3) is 0.685. The van der Waals surface area contributed by atoms with Gasteiger partial charge in [-0.3, -0.25) is 18.6 Å². The van der Waals surface area contributed by atoms with E-state index >= 15 is 0 Å². The molecular weight excluding hydrogens is 854 g/mol. The quantitative estimate of drug-likeness (QED) is 0.0199. The summed E-state index contributed by atoms with van der Waals surface area (Å²) in [5, 5.41) is 21.9. The van der Waals surface area contributed by atoms with E-state index in [1.165, 1.54) is 77.0 Å². The first-order valence-electron chi connectivity index (χ1n) is 25.6. The monoisotopic (exact) mass is 946 g/mol. The number of ether oxygens (including phenoxy) is 1. The number of phosphoric ester groups is 1. The molecule has 66 heavy (non-hydrogen) atoms. The standard InChI is InChI=1S/C54H92NO10P/c1-3-5-7-9-11-13-15-17-19-21-23-24-25-26-28-30-32-34-36-38-40-42-44-46-53(58)63-47-50(56)48-64-66(61,62)65-49-51(54(59)60)55-52(57)45-43-41-39-37-35-33-31-29-27-22-20-18-16-14-12-10-8-6-4-2/h5,7,11,13,17-20,23-24,26,28,32,34,50-51,56H,3-4,6,8-10,12,14-16,21-22,25,27,29-31,33,35-49H2,1-2H3,(H,55,57)(H,59,60)(H,61,62)/b7-5-,13-11-,19-17-,20-18+,24-23-,28-26-,34-32-. The average molecular weight is 946 g/mol. The Labute approximate surface area is 401 Å². The summed E-state index contributed by atoms with van der Waals surface area (Å²) in [7, 11) is -4.77. The summed E-state index contributed by atoms with van der Waals surface area (Å²) in [5.74, 6) is -2.41. The molecular formula is C54H92NO10P. The molecule has 0 saturated heterocycles. The van der Waals surface area contributed by atoms with Crippen LogP contribution in [0.1, 0.15) is 206 Å². The Bertz CT molecular complexity index is 1440. The van der Waals surface area contributed by atoms with Crippen LogP contribution in [-0.4, -0.2) is 64.9 Å². The molecule has 0 rings (SSSR count). The van der Waals surface area contributed by atoms with Crippen molar-refractivity contribution in [1.82, 2.24) is 5.32 Å². The molecule has 1 amide bonds. The van der Waals surface area contributed by atoms with E-state index in [1.807, 2.05) is 0 Å². The molecule has 0 aliphatic carbocycles. The summed E-state index contributed by atoms with van der Waals surface area (Å²) in [4.78, 5) is 46.1. The second-order valence-electron chi connectivity index (χ2n) is 17.0. The van der Waals surface area contributed by atoms with Gasteiger partial charge in [-0.15, -0.1) is 0 Å². The highest BCUT2D eigenvalue weighted by molar-refractivity contribution is 7.47. The highest BCUT2D eigenvalue weighted by Gasteiger charge is 2.28. The summed E-state index contributed by atoms with van der Waals surface area (Å²) in [6.45, 7) is 2.46. The lowest BCUT2D eigenvalue weighted by atomic mass is 10.1. The lowest BCUT2D eigenvalue weighted by Gasteiger charge is -2.18. The first-order chi connectivity index (χ1) is 32.1. The van der Waals surface area contributed by atoms with E-state index in [4.69, 9.17) is 13.8 Å². The maximum Gasteiger partial charge on any atom is 0.472 e. The molecule has 4 N–H and O–H groups in total. The summed E-state index contributed by atoms with van der Waals surface area (Å²) < 4.78 is 26.9. The number of esters is 1. The lowest BCUT2D eigenvalue weighted by molar-refractivity contribution is -0.147. The summed E-state index contributed by atoms with van der Waals surface area (Å²) in [6.07, 6.45) is 60.3. The predicted molar refractivity (Wildman–Crippen MR) is 272 cm³/mol. The van der Waals surface area contributed by atoms with Gasteiger partial charge in [0.15, 0.2) is 6.04 Å². The molecule has 0 spiro atoms. The fourth-order valence-electron chi connectivity index (χ4n) is 6.72. The third-order valence-electron chi connectivity index (χ3n) is 10.7. The number of phosphoric acid groups is 1. The Kier molecular flexibility index (Phi) is 45.7. The summed E-state index contributed by atoms with van der Waals surface area (Å²) in [6, 6.07) is -1.56. The maximum atomic E-state index is 12.4. The zero-order valence-corrected chi connectivity index (χ0v) is 42.1. The number of unbranched alkanes of at least 4 members (excludes halogenated alkanes) is 19. The van der Waals surface area contributed by atoms with Crippen molar-refractivity contribution in [3.63, 3.8) is 0 Å². The Morgan fingerprint density at radius 3 is 1.33 bits per heavy atom. The van der Waals surface area contributed by atoms with Gasteiger partial charge in [0.2, 0.25) is 5.91 Å². The Balaban J connectivity index is 3.90. The number of carbonyl (C=O) groups is 3. The molecule has 0 heterocycles. The van der Waals surface area contributed by atoms with Crippen LogP contribution in [0.5, 0.6) is 0 Å². The summed E-state index contributed by atoms with van der Waals surface area (Å²) >= 11 is 0. The van der Waals surface area contributed by atoms with E-state index in [2.05, 4.69) is 104 Å². The van der Waals surface area contributed by atoms with Gasteiger partial charge in [0, 0.05) is 12.8 Å². The highest BCUT2D eigenvalue weighted by atomic mass is 31.2. The van der Waals surface area contributed by atoms with Crippen molar-refractivity contribution in [3.05, 3.63) is 85.1 Å². The minimum absolute atomic E-state index is 0.138. The lowest BCUT2D eigenvalue weighted by Crippen LogP contribution is -2.43. The number of aliphatic carboxylic acids is 1. The molecule has 0 fully saturated rings. The largest absolute Gasteiger partial charge is 0.480 e. The van der Waals surface area contributed by atoms with Crippen LogP contribution in [0, 0.1) is 0 Å². The number of carbonyl (C=O) groups excluding carboxylic acids is 2. The topological polar surface area (TPSA) is 169 Å². The van der Waals surface area contributed by atoms with Gasteiger partial charge in [0.05, 0.1) is 13.2 Å². The molecule has 0 aromatic rings. The normalized spacial score (nSPS) is 14.2. The van der Waals surface area contributed by atoms with Gasteiger partial charge in [-0.1, -0.05) is 189 Å². The van der Waals surface area contributed by atoms with Gasteiger partial charge in [-0.25, -0.2) is 9.36 Å². The van der Waals surface area contributed by atoms with Gasteiger partial charge in [-0.05, 0) is 89.9 Å². The Morgan fingerprint density at radius 2 is 0.879 bits per heavy atom. The van der Waals surface area contributed by atoms with Gasteiger partial charge in [0.25, 0.3) is 0 Å². The van der Waals surface area contributed by atoms with E-state index < -0.39 is 57.6 Å². The van der Waals surface area contributed by atoms with Gasteiger partial charge in [-0.2, -0.15) is 0 Å². The van der Waals surface area contributed by atoms with Crippen LogP contribution in [0.3, 0.4) is 0 Å². The van der Waals surface area contributed by atoms with E-state index in [0.29, 0.717) is 12.8 Å². The number of hydrogen-bond acceptors (Lipinski definition) is 8. The molecule has 0 bridgehead atoms. The number of aliphatic hydroxyl groups excluding tert-OH is 1. The van der Waals surface area contributed by atoms with Crippen molar-refractivity contribution < 1.29 is 47.8 Å². The van der Waals surface area contributed by atoms with Crippen LogP contribution >= 0.6 is 7.82 Å². The fourth-order valence-corrected chi connectivity index (χ4v) is 7.50. The van der Waals surface area contributed by atoms with Crippen molar-refractivity contribution in [2.24, 2.45) is 0 Å². The predicted octanol–water partition coefficient (Wildman–Crippen LogP) is 14.2. The number of rotatable bonds is 47. The summed E-state index contributed by atoms with van der Waals surface area (Å²) in [5.41, 5.74) is 0. The molecule has 0 aliphatic rings. The number of allylic oxidation sites excluding steroid dienone is 14. The van der Waals surface area contributed by atoms with Crippen molar-refractivity contribution in [3.8, 4) is 0 Å². The highest BCUT2D eigenvalue weighted by Crippen LogP contribution is 2.43. The molecule has 11 nitrogen and oxygen atoms in total. The van der Waals surface area contributed by atoms with Crippen LogP contribution in [0.4, 0.5) is 0 Å². The Hall–Kier alpha value is -3.34. The number of nitrogens with one attached hydrogen (secondary N) is 1. The smallest absolute Gasteiger partial charge is 0.472 e. The second kappa shape index (κ2) is 48.1. The molecule has 3 atom stereocenters. The molecule has 0 aliphatic heterocycles. The molecule has 0 aromatic carbocycles. The van der Waals surface area contributed by atoms with Crippen molar-refractivity contribution in [2.75, 3.05) is 19.8 Å². The second-order valence-corrected chi connectivity index (χ2v) is 18.4. The van der Waals surface area contributed by atoms with Crippen molar-refractivity contribution in [1.29, 1.82) is 0 Å². The van der Waals surface area contributed by atoms with Gasteiger partial charge < -0.3 is 25.2 Å². The van der Waals surface area contributed by atoms with Crippen LogP contribution in [-0.2, 0) is 32.7 Å².